The molecular formula is C8H9FN2OS. The number of Topliss-reactive ketones (excluding diaryl/α,β-unsaturated/α-hetero) is 1. The van der Waals surface area contributed by atoms with Crippen molar-refractivity contribution in [3.8, 4) is 0 Å². The third-order valence-electron chi connectivity index (χ3n) is 1.54. The number of thiol groups is 1. The first-order chi connectivity index (χ1) is 6.16. The van der Waals surface area contributed by atoms with Gasteiger partial charge in [0.2, 0.25) is 5.78 Å². The molecule has 70 valence electrons. The van der Waals surface area contributed by atoms with Crippen molar-refractivity contribution in [2.45, 2.75) is 6.30 Å². The Balaban J connectivity index is 2.88. The summed E-state index contributed by atoms with van der Waals surface area (Å²) in [6.07, 6.45) is 3.91. The average molecular weight is 200 g/mol. The van der Waals surface area contributed by atoms with Crippen LogP contribution < -0.4 is 11.1 Å². The van der Waals surface area contributed by atoms with Crippen molar-refractivity contribution >= 4 is 18.4 Å². The van der Waals surface area contributed by atoms with Crippen LogP contribution in [0, 0.1) is 0 Å². The fourth-order valence-electron chi connectivity index (χ4n) is 0.880. The summed E-state index contributed by atoms with van der Waals surface area (Å²) in [7, 11) is 0. The van der Waals surface area contributed by atoms with E-state index in [9.17, 15) is 9.18 Å². The first kappa shape index (κ1) is 9.85. The Labute approximate surface area is 80.6 Å². The molecule has 0 aromatic rings. The van der Waals surface area contributed by atoms with Gasteiger partial charge in [-0.3, -0.25) is 4.79 Å². The van der Waals surface area contributed by atoms with E-state index in [0.717, 1.165) is 6.20 Å². The van der Waals surface area contributed by atoms with Crippen LogP contribution in [0.2, 0.25) is 0 Å². The summed E-state index contributed by atoms with van der Waals surface area (Å²) in [5.74, 6) is -0.504. The van der Waals surface area contributed by atoms with Gasteiger partial charge in [0.25, 0.3) is 0 Å². The number of allylic oxidation sites excluding steroid dienone is 3. The number of halogens is 1. The van der Waals surface area contributed by atoms with Gasteiger partial charge in [0.1, 0.15) is 0 Å². The van der Waals surface area contributed by atoms with Crippen molar-refractivity contribution in [3.05, 3.63) is 35.0 Å². The molecule has 0 bridgehead atoms. The van der Waals surface area contributed by atoms with Crippen LogP contribution in [0.5, 0.6) is 0 Å². The number of nitrogens with two attached hydrogens (primary N) is 1. The standard InChI is InChI=1S/C8H9FN2OS/c9-8-5(2-1-3-11-8)7(12)6(13)4-10/h1-4,8,11,13H,10H2/b6-4-. The minimum Gasteiger partial charge on any atom is -0.404 e. The topological polar surface area (TPSA) is 55.1 Å². The highest BCUT2D eigenvalue weighted by atomic mass is 32.1. The van der Waals surface area contributed by atoms with Gasteiger partial charge in [0, 0.05) is 6.20 Å². The minimum atomic E-state index is -1.49. The zero-order valence-electron chi connectivity index (χ0n) is 6.70. The molecule has 0 saturated heterocycles. The number of hydrogen-bond donors (Lipinski definition) is 3. The van der Waals surface area contributed by atoms with Gasteiger partial charge in [-0.05, 0) is 18.4 Å². The normalized spacial score (nSPS) is 22.2. The van der Waals surface area contributed by atoms with Crippen LogP contribution in [0.15, 0.2) is 35.0 Å². The quantitative estimate of drug-likeness (QED) is 0.348. The van der Waals surface area contributed by atoms with Crippen LogP contribution >= 0.6 is 12.6 Å². The summed E-state index contributed by atoms with van der Waals surface area (Å²) in [5.41, 5.74) is 5.09. The van der Waals surface area contributed by atoms with Gasteiger partial charge in [0.05, 0.1) is 10.5 Å². The Hall–Kier alpha value is -1.23. The Bertz CT molecular complexity index is 309. The zero-order chi connectivity index (χ0) is 9.84. The highest BCUT2D eigenvalue weighted by molar-refractivity contribution is 7.85. The number of carbonyl (C=O) groups excluding carboxylic acids is 1. The molecule has 1 rings (SSSR count). The number of rotatable bonds is 2. The van der Waals surface area contributed by atoms with E-state index in [2.05, 4.69) is 17.9 Å². The molecule has 0 fully saturated rings. The summed E-state index contributed by atoms with van der Waals surface area (Å²) in [4.78, 5) is 11.4. The summed E-state index contributed by atoms with van der Waals surface area (Å²) in [5, 5.41) is 2.35. The molecule has 0 aliphatic carbocycles. The second-order valence-electron chi connectivity index (χ2n) is 2.39. The number of carbonyl (C=O) groups is 1. The Morgan fingerprint density at radius 3 is 3.00 bits per heavy atom. The SMILES string of the molecule is N/C=C(\S)C(=O)C1=CC=CNC1F. The highest BCUT2D eigenvalue weighted by Crippen LogP contribution is 2.15. The van der Waals surface area contributed by atoms with Crippen LogP contribution in [0.1, 0.15) is 0 Å². The van der Waals surface area contributed by atoms with E-state index in [-0.39, 0.29) is 10.5 Å². The smallest absolute Gasteiger partial charge is 0.201 e. The molecule has 5 heteroatoms. The van der Waals surface area contributed by atoms with Crippen LogP contribution in [0.3, 0.4) is 0 Å². The molecule has 0 spiro atoms. The third-order valence-corrected chi connectivity index (χ3v) is 1.89. The first-order valence-corrected chi connectivity index (χ1v) is 4.04. The van der Waals surface area contributed by atoms with Gasteiger partial charge >= 0.3 is 0 Å². The summed E-state index contributed by atoms with van der Waals surface area (Å²) < 4.78 is 13.0. The van der Waals surface area contributed by atoms with E-state index in [1.54, 1.807) is 6.08 Å². The predicted molar refractivity (Wildman–Crippen MR) is 51.5 cm³/mol. The lowest BCUT2D eigenvalue weighted by Crippen LogP contribution is -2.28. The summed E-state index contributed by atoms with van der Waals surface area (Å²) in [6.45, 7) is 0. The van der Waals surface area contributed by atoms with Gasteiger partial charge < -0.3 is 11.1 Å². The first-order valence-electron chi connectivity index (χ1n) is 3.59. The molecule has 1 aliphatic heterocycles. The van der Waals surface area contributed by atoms with Crippen LogP contribution in [0.4, 0.5) is 4.39 Å². The minimum absolute atomic E-state index is 0.00852. The second kappa shape index (κ2) is 4.13. The molecule has 1 heterocycles. The van der Waals surface area contributed by atoms with Crippen LogP contribution in [0.25, 0.3) is 0 Å². The van der Waals surface area contributed by atoms with Crippen molar-refractivity contribution in [1.29, 1.82) is 0 Å². The van der Waals surface area contributed by atoms with E-state index >= 15 is 0 Å². The molecule has 0 aromatic heterocycles. The Morgan fingerprint density at radius 1 is 1.77 bits per heavy atom. The number of dihydropyridines is 1. The van der Waals surface area contributed by atoms with Crippen molar-refractivity contribution in [2.75, 3.05) is 0 Å². The van der Waals surface area contributed by atoms with E-state index < -0.39 is 12.1 Å². The van der Waals surface area contributed by atoms with Gasteiger partial charge in [-0.25, -0.2) is 4.39 Å². The molecule has 1 aliphatic rings. The maximum absolute atomic E-state index is 13.0. The summed E-state index contributed by atoms with van der Waals surface area (Å²) >= 11 is 3.80. The fourth-order valence-corrected chi connectivity index (χ4v) is 1.01. The van der Waals surface area contributed by atoms with Crippen molar-refractivity contribution in [3.63, 3.8) is 0 Å². The molecule has 3 N–H and O–H groups in total. The van der Waals surface area contributed by atoms with E-state index in [4.69, 9.17) is 5.73 Å². The highest BCUT2D eigenvalue weighted by Gasteiger charge is 2.21. The van der Waals surface area contributed by atoms with E-state index in [1.807, 2.05) is 0 Å². The number of ketones is 1. The molecule has 0 saturated carbocycles. The zero-order valence-corrected chi connectivity index (χ0v) is 7.59. The van der Waals surface area contributed by atoms with E-state index in [1.165, 1.54) is 12.3 Å². The second-order valence-corrected chi connectivity index (χ2v) is 2.87. The molecular weight excluding hydrogens is 191 g/mol. The van der Waals surface area contributed by atoms with Crippen molar-refractivity contribution < 1.29 is 9.18 Å². The van der Waals surface area contributed by atoms with Gasteiger partial charge in [-0.1, -0.05) is 0 Å². The Kier molecular flexibility index (Phi) is 3.13. The lowest BCUT2D eigenvalue weighted by molar-refractivity contribution is -0.112. The molecule has 0 aromatic carbocycles. The van der Waals surface area contributed by atoms with Crippen LogP contribution in [-0.4, -0.2) is 12.1 Å². The largest absolute Gasteiger partial charge is 0.404 e. The number of alkyl halides is 1. The van der Waals surface area contributed by atoms with Crippen molar-refractivity contribution in [2.24, 2.45) is 5.73 Å². The van der Waals surface area contributed by atoms with Crippen molar-refractivity contribution in [1.82, 2.24) is 5.32 Å². The van der Waals surface area contributed by atoms with Gasteiger partial charge in [-0.2, -0.15) is 0 Å². The van der Waals surface area contributed by atoms with E-state index in [0.29, 0.717) is 0 Å². The number of hydrogen-bond acceptors (Lipinski definition) is 4. The fraction of sp³-hybridized carbons (Fsp3) is 0.125. The lowest BCUT2D eigenvalue weighted by atomic mass is 10.1. The lowest BCUT2D eigenvalue weighted by Gasteiger charge is -2.14. The average Bonchev–Trinajstić information content (AvgIpc) is 2.16. The third kappa shape index (κ3) is 2.12. The maximum Gasteiger partial charge on any atom is 0.201 e. The Morgan fingerprint density at radius 2 is 2.46 bits per heavy atom. The molecule has 1 atom stereocenters. The maximum atomic E-state index is 13.0. The number of nitrogens with one attached hydrogen (secondary N) is 1. The van der Waals surface area contributed by atoms with Gasteiger partial charge in [-0.15, -0.1) is 12.6 Å². The van der Waals surface area contributed by atoms with Gasteiger partial charge in [0.15, 0.2) is 6.30 Å². The molecule has 0 radical (unpaired) electrons. The van der Waals surface area contributed by atoms with Crippen LogP contribution in [-0.2, 0) is 4.79 Å². The monoisotopic (exact) mass is 200 g/mol. The molecule has 0 amide bonds. The molecule has 3 nitrogen and oxygen atoms in total. The molecule has 1 unspecified atom stereocenters. The predicted octanol–water partition coefficient (Wildman–Crippen LogP) is 0.624. The molecule has 13 heavy (non-hydrogen) atoms. The summed E-state index contributed by atoms with van der Waals surface area (Å²) in [6, 6.07) is 0.